The van der Waals surface area contributed by atoms with E-state index in [1.54, 1.807) is 0 Å². The minimum absolute atomic E-state index is 0.331. The van der Waals surface area contributed by atoms with Crippen LogP contribution in [0.25, 0.3) is 0 Å². The van der Waals surface area contributed by atoms with Crippen LogP contribution in [0, 0.1) is 0 Å². The van der Waals surface area contributed by atoms with E-state index in [-0.39, 0.29) is 18.3 Å². The summed E-state index contributed by atoms with van der Waals surface area (Å²) in [6.07, 6.45) is 2.12. The lowest BCUT2D eigenvalue weighted by atomic mass is 9.72. The van der Waals surface area contributed by atoms with Crippen LogP contribution in [-0.2, 0) is 15.7 Å². The first kappa shape index (κ1) is 17.9. The van der Waals surface area contributed by atoms with Gasteiger partial charge in [-0.25, -0.2) is 0 Å². The van der Waals surface area contributed by atoms with Crippen molar-refractivity contribution < 1.29 is 9.31 Å². The fourth-order valence-corrected chi connectivity index (χ4v) is 3.37. The van der Waals surface area contributed by atoms with Gasteiger partial charge < -0.3 is 9.31 Å². The van der Waals surface area contributed by atoms with Crippen molar-refractivity contribution in [3.8, 4) is 0 Å². The lowest BCUT2D eigenvalue weighted by Crippen LogP contribution is -2.41. The average Bonchev–Trinajstić information content (AvgIpc) is 2.57. The Bertz CT molecular complexity index is 540. The maximum atomic E-state index is 6.57. The van der Waals surface area contributed by atoms with Gasteiger partial charge >= 0.3 is 7.12 Å². The predicted molar refractivity (Wildman–Crippen MR) is 98.3 cm³/mol. The van der Waals surface area contributed by atoms with E-state index >= 15 is 0 Å². The molecule has 0 spiro atoms. The Kier molecular flexibility index (Phi) is 5.06. The zero-order valence-corrected chi connectivity index (χ0v) is 15.7. The average molecular weight is 320 g/mol. The predicted octanol–water partition coefficient (Wildman–Crippen LogP) is 3.36. The standard InChI is InChI=1S/C17H27B2ClO2/c1-11(2)15-13(9-12(7-8-18)10-14(15)20)19-21-16(3,4)17(5,6)22-19/h9-11H,7-8,18H2,1-6H3. The van der Waals surface area contributed by atoms with Crippen LogP contribution < -0.4 is 5.46 Å². The van der Waals surface area contributed by atoms with Crippen molar-refractivity contribution in [2.24, 2.45) is 0 Å². The number of hydrogen-bond acceptors (Lipinski definition) is 2. The van der Waals surface area contributed by atoms with Crippen LogP contribution in [0.4, 0.5) is 0 Å². The minimum atomic E-state index is -0.350. The van der Waals surface area contributed by atoms with Gasteiger partial charge in [-0.3, -0.25) is 0 Å². The third-order valence-corrected chi connectivity index (χ3v) is 5.16. The van der Waals surface area contributed by atoms with E-state index in [2.05, 4.69) is 61.5 Å². The number of aryl methyl sites for hydroxylation is 1. The van der Waals surface area contributed by atoms with Crippen molar-refractivity contribution in [3.63, 3.8) is 0 Å². The molecule has 0 aliphatic carbocycles. The molecule has 22 heavy (non-hydrogen) atoms. The number of benzene rings is 1. The van der Waals surface area contributed by atoms with Crippen molar-refractivity contribution in [2.45, 2.75) is 71.4 Å². The molecule has 1 fully saturated rings. The molecule has 0 amide bonds. The molecule has 0 aromatic heterocycles. The van der Waals surface area contributed by atoms with Crippen molar-refractivity contribution in [1.82, 2.24) is 0 Å². The molecule has 1 saturated heterocycles. The van der Waals surface area contributed by atoms with Gasteiger partial charge in [0, 0.05) is 5.02 Å². The summed E-state index contributed by atoms with van der Waals surface area (Å²) in [5, 5.41) is 0.825. The highest BCUT2D eigenvalue weighted by Crippen LogP contribution is 2.37. The Morgan fingerprint density at radius 2 is 1.68 bits per heavy atom. The number of rotatable bonds is 4. The van der Waals surface area contributed by atoms with E-state index in [0.717, 1.165) is 28.8 Å². The molecule has 1 aliphatic heterocycles. The second-order valence-electron chi connectivity index (χ2n) is 7.57. The summed E-state index contributed by atoms with van der Waals surface area (Å²) in [5.41, 5.74) is 2.81. The molecule has 1 heterocycles. The maximum Gasteiger partial charge on any atom is 0.495 e. The fourth-order valence-electron chi connectivity index (χ4n) is 2.90. The molecule has 0 N–H and O–H groups in total. The van der Waals surface area contributed by atoms with Gasteiger partial charge in [-0.1, -0.05) is 37.8 Å². The summed E-state index contributed by atoms with van der Waals surface area (Å²) >= 11 is 6.57. The van der Waals surface area contributed by atoms with Crippen molar-refractivity contribution in [1.29, 1.82) is 0 Å². The molecule has 1 aromatic carbocycles. The summed E-state index contributed by atoms with van der Waals surface area (Å²) in [6.45, 7) is 12.7. The quantitative estimate of drug-likeness (QED) is 0.792. The minimum Gasteiger partial charge on any atom is -0.399 e. The largest absolute Gasteiger partial charge is 0.495 e. The Morgan fingerprint density at radius 3 is 2.14 bits per heavy atom. The topological polar surface area (TPSA) is 18.5 Å². The Hall–Kier alpha value is -0.440. The Balaban J connectivity index is 2.49. The SMILES string of the molecule is BCCc1cc(Cl)c(C(C)C)c(B2OC(C)(C)C(C)(C)O2)c1. The lowest BCUT2D eigenvalue weighted by molar-refractivity contribution is 0.00578. The molecule has 1 aromatic rings. The first-order chi connectivity index (χ1) is 10.1. The zero-order valence-electron chi connectivity index (χ0n) is 14.9. The smallest absolute Gasteiger partial charge is 0.399 e. The van der Waals surface area contributed by atoms with E-state index in [0.29, 0.717) is 5.92 Å². The third kappa shape index (κ3) is 3.25. The summed E-state index contributed by atoms with van der Waals surface area (Å²) in [4.78, 5) is 0. The van der Waals surface area contributed by atoms with Crippen LogP contribution in [0.5, 0.6) is 0 Å². The van der Waals surface area contributed by atoms with Gasteiger partial charge in [0.2, 0.25) is 0 Å². The highest BCUT2D eigenvalue weighted by Gasteiger charge is 2.52. The molecular weight excluding hydrogens is 293 g/mol. The van der Waals surface area contributed by atoms with Crippen LogP contribution in [-0.4, -0.2) is 26.2 Å². The van der Waals surface area contributed by atoms with Gasteiger partial charge in [-0.2, -0.15) is 0 Å². The second kappa shape index (κ2) is 6.22. The highest BCUT2D eigenvalue weighted by molar-refractivity contribution is 6.63. The molecule has 5 heteroatoms. The first-order valence-electron chi connectivity index (χ1n) is 8.27. The van der Waals surface area contributed by atoms with Crippen LogP contribution in [0.2, 0.25) is 11.3 Å². The summed E-state index contributed by atoms with van der Waals surface area (Å²) in [5.74, 6) is 0.331. The molecule has 120 valence electrons. The number of hydrogen-bond donors (Lipinski definition) is 0. The van der Waals surface area contributed by atoms with E-state index < -0.39 is 0 Å². The van der Waals surface area contributed by atoms with Gasteiger partial charge in [-0.15, -0.1) is 0 Å². The molecule has 0 saturated carbocycles. The fraction of sp³-hybridized carbons (Fsp3) is 0.647. The van der Waals surface area contributed by atoms with E-state index in [4.69, 9.17) is 20.9 Å². The van der Waals surface area contributed by atoms with Gasteiger partial charge in [0.05, 0.1) is 11.2 Å². The van der Waals surface area contributed by atoms with Crippen molar-refractivity contribution in [3.05, 3.63) is 28.3 Å². The van der Waals surface area contributed by atoms with Crippen LogP contribution in [0.1, 0.15) is 58.6 Å². The first-order valence-corrected chi connectivity index (χ1v) is 8.64. The summed E-state index contributed by atoms with van der Waals surface area (Å²) in [6, 6.07) is 4.31. The van der Waals surface area contributed by atoms with E-state index in [1.807, 2.05) is 0 Å². The highest BCUT2D eigenvalue weighted by atomic mass is 35.5. The van der Waals surface area contributed by atoms with Gasteiger partial charge in [0.25, 0.3) is 0 Å². The number of halogens is 1. The molecule has 2 nitrogen and oxygen atoms in total. The van der Waals surface area contributed by atoms with Crippen molar-refractivity contribution in [2.75, 3.05) is 0 Å². The van der Waals surface area contributed by atoms with Crippen molar-refractivity contribution >= 4 is 32.0 Å². The van der Waals surface area contributed by atoms with Crippen LogP contribution in [0.3, 0.4) is 0 Å². The Labute approximate surface area is 141 Å². The van der Waals surface area contributed by atoms with Crippen LogP contribution in [0.15, 0.2) is 12.1 Å². The van der Waals surface area contributed by atoms with Gasteiger partial charge in [-0.05, 0) is 62.7 Å². The molecular formula is C17H27B2ClO2. The summed E-state index contributed by atoms with van der Waals surface area (Å²) in [7, 11) is 1.83. The monoisotopic (exact) mass is 320 g/mol. The Morgan fingerprint density at radius 1 is 1.14 bits per heavy atom. The molecule has 2 rings (SSSR count). The zero-order chi connectivity index (χ0) is 16.7. The van der Waals surface area contributed by atoms with Gasteiger partial charge in [0.15, 0.2) is 0 Å². The molecule has 0 atom stereocenters. The normalized spacial score (nSPS) is 19.9. The lowest BCUT2D eigenvalue weighted by Gasteiger charge is -2.32. The van der Waals surface area contributed by atoms with Crippen LogP contribution >= 0.6 is 11.6 Å². The van der Waals surface area contributed by atoms with E-state index in [9.17, 15) is 0 Å². The summed E-state index contributed by atoms with van der Waals surface area (Å²) < 4.78 is 12.5. The molecule has 0 unspecified atom stereocenters. The maximum absolute atomic E-state index is 6.57. The molecule has 1 aliphatic rings. The van der Waals surface area contributed by atoms with Gasteiger partial charge in [0.1, 0.15) is 7.85 Å². The second-order valence-corrected chi connectivity index (χ2v) is 7.98. The molecule has 0 radical (unpaired) electrons. The third-order valence-electron chi connectivity index (χ3n) is 4.84. The van der Waals surface area contributed by atoms with E-state index in [1.165, 1.54) is 5.56 Å². The molecule has 0 bridgehead atoms.